The minimum absolute atomic E-state index is 0.111. The Morgan fingerprint density at radius 3 is 2.56 bits per heavy atom. The summed E-state index contributed by atoms with van der Waals surface area (Å²) in [5.41, 5.74) is 1.02. The number of aromatic nitrogens is 5. The molecule has 3 heterocycles. The van der Waals surface area contributed by atoms with E-state index in [9.17, 15) is 18.0 Å². The lowest BCUT2D eigenvalue weighted by Crippen LogP contribution is -2.16. The van der Waals surface area contributed by atoms with Gasteiger partial charge in [-0.25, -0.2) is 14.6 Å². The van der Waals surface area contributed by atoms with Gasteiger partial charge in [-0.05, 0) is 48.0 Å². The van der Waals surface area contributed by atoms with Crippen LogP contribution in [0.2, 0.25) is 0 Å². The number of halogens is 3. The number of fused-ring (bicyclic) bond motifs is 1. The third kappa shape index (κ3) is 4.40. The van der Waals surface area contributed by atoms with Crippen LogP contribution in [0, 0.1) is 0 Å². The molecule has 8 nitrogen and oxygen atoms in total. The zero-order chi connectivity index (χ0) is 23.7. The average Bonchev–Trinajstić information content (AvgIpc) is 3.56. The van der Waals surface area contributed by atoms with Crippen molar-refractivity contribution in [3.05, 3.63) is 96.0 Å². The van der Waals surface area contributed by atoms with Gasteiger partial charge >= 0.3 is 6.18 Å². The number of anilines is 1. The number of imidazole rings is 1. The Hall–Kier alpha value is -4.41. The summed E-state index contributed by atoms with van der Waals surface area (Å²) in [6.07, 6.45) is 0.0222. The van der Waals surface area contributed by atoms with E-state index in [0.29, 0.717) is 23.4 Å². The van der Waals surface area contributed by atoms with E-state index in [0.717, 1.165) is 17.7 Å². The first-order valence-electron chi connectivity index (χ1n) is 10.2. The number of alkyl halides is 3. The quantitative estimate of drug-likeness (QED) is 0.395. The average molecular weight is 466 g/mol. The second-order valence-corrected chi connectivity index (χ2v) is 7.55. The van der Waals surface area contributed by atoms with Crippen LogP contribution in [0.3, 0.4) is 0 Å². The van der Waals surface area contributed by atoms with E-state index in [1.54, 1.807) is 52.0 Å². The molecule has 0 fully saturated rings. The first-order valence-corrected chi connectivity index (χ1v) is 10.2. The van der Waals surface area contributed by atoms with Gasteiger partial charge in [0.05, 0.1) is 35.9 Å². The highest BCUT2D eigenvalue weighted by Crippen LogP contribution is 2.32. The fraction of sp³-hybridized carbons (Fsp3) is 0.130. The van der Waals surface area contributed by atoms with E-state index >= 15 is 0 Å². The van der Waals surface area contributed by atoms with Gasteiger partial charge in [-0.2, -0.15) is 18.3 Å². The van der Waals surface area contributed by atoms with E-state index < -0.39 is 17.6 Å². The molecule has 5 aromatic rings. The van der Waals surface area contributed by atoms with Gasteiger partial charge in [0.15, 0.2) is 0 Å². The van der Waals surface area contributed by atoms with Crippen LogP contribution >= 0.6 is 0 Å². The molecular weight excluding hydrogens is 449 g/mol. The summed E-state index contributed by atoms with van der Waals surface area (Å²) in [6, 6.07) is 13.6. The van der Waals surface area contributed by atoms with Crippen molar-refractivity contribution in [2.45, 2.75) is 19.3 Å². The largest absolute Gasteiger partial charge is 0.467 e. The lowest BCUT2D eigenvalue weighted by Gasteiger charge is -2.10. The monoisotopic (exact) mass is 466 g/mol. The number of benzene rings is 2. The molecule has 2 aromatic carbocycles. The summed E-state index contributed by atoms with van der Waals surface area (Å²) >= 11 is 0. The standard InChI is InChI=1S/C23H17F3N6O2/c24-23(25,26)17-7-8-20-19(10-17)29-22(32(20)12-18-2-1-9-34-18)30-21(33)16-5-3-15(4-6-16)11-31-14-27-13-28-31/h1-10,13-14H,11-12H2,(H,29,30,33). The Kier molecular flexibility index (Phi) is 5.36. The highest BCUT2D eigenvalue weighted by atomic mass is 19.4. The summed E-state index contributed by atoms with van der Waals surface area (Å²) in [4.78, 5) is 21.1. The molecule has 1 amide bonds. The number of carbonyl (C=O) groups is 1. The predicted molar refractivity (Wildman–Crippen MR) is 116 cm³/mol. The molecule has 0 saturated carbocycles. The number of hydrogen-bond acceptors (Lipinski definition) is 5. The van der Waals surface area contributed by atoms with E-state index in [2.05, 4.69) is 20.4 Å². The van der Waals surface area contributed by atoms with Crippen LogP contribution < -0.4 is 5.32 Å². The Morgan fingerprint density at radius 1 is 1.06 bits per heavy atom. The maximum absolute atomic E-state index is 13.2. The van der Waals surface area contributed by atoms with Crippen LogP contribution in [0.1, 0.15) is 27.2 Å². The Morgan fingerprint density at radius 2 is 1.88 bits per heavy atom. The highest BCUT2D eigenvalue weighted by Gasteiger charge is 2.31. The second-order valence-electron chi connectivity index (χ2n) is 7.55. The molecule has 0 bridgehead atoms. The molecule has 0 aliphatic heterocycles. The normalized spacial score (nSPS) is 11.7. The molecule has 11 heteroatoms. The minimum Gasteiger partial charge on any atom is -0.467 e. The molecule has 0 spiro atoms. The summed E-state index contributed by atoms with van der Waals surface area (Å²) in [6.45, 7) is 0.684. The number of rotatable bonds is 6. The van der Waals surface area contributed by atoms with Gasteiger partial charge in [0.25, 0.3) is 5.91 Å². The molecule has 0 radical (unpaired) electrons. The van der Waals surface area contributed by atoms with Gasteiger partial charge in [0.1, 0.15) is 18.4 Å². The van der Waals surface area contributed by atoms with Crippen molar-refractivity contribution in [2.24, 2.45) is 0 Å². The smallest absolute Gasteiger partial charge is 0.416 e. The van der Waals surface area contributed by atoms with Crippen LogP contribution in [0.4, 0.5) is 19.1 Å². The number of carbonyl (C=O) groups excluding carboxylic acids is 1. The van der Waals surface area contributed by atoms with Crippen LogP contribution in [0.15, 0.2) is 77.9 Å². The SMILES string of the molecule is O=C(Nc1nc2cc(C(F)(F)F)ccc2n1Cc1ccco1)c1ccc(Cn2cncn2)cc1. The van der Waals surface area contributed by atoms with E-state index in [1.807, 2.05) is 0 Å². The molecule has 34 heavy (non-hydrogen) atoms. The van der Waals surface area contributed by atoms with E-state index in [4.69, 9.17) is 4.42 Å². The first kappa shape index (κ1) is 21.4. The van der Waals surface area contributed by atoms with Crippen LogP contribution in [0.5, 0.6) is 0 Å². The van der Waals surface area contributed by atoms with Crippen molar-refractivity contribution in [1.82, 2.24) is 24.3 Å². The molecule has 5 rings (SSSR count). The molecule has 0 atom stereocenters. The molecule has 0 unspecified atom stereocenters. The van der Waals surface area contributed by atoms with Crippen molar-refractivity contribution in [3.63, 3.8) is 0 Å². The Balaban J connectivity index is 1.43. The molecule has 0 aliphatic rings. The van der Waals surface area contributed by atoms with Gasteiger partial charge < -0.3 is 8.98 Å². The van der Waals surface area contributed by atoms with Crippen molar-refractivity contribution in [2.75, 3.05) is 5.32 Å². The molecule has 172 valence electrons. The first-order chi connectivity index (χ1) is 16.4. The molecule has 0 saturated heterocycles. The second kappa shape index (κ2) is 8.50. The van der Waals surface area contributed by atoms with Gasteiger partial charge in [-0.3, -0.25) is 10.1 Å². The highest BCUT2D eigenvalue weighted by molar-refractivity contribution is 6.04. The van der Waals surface area contributed by atoms with Gasteiger partial charge in [0.2, 0.25) is 5.95 Å². The number of nitrogens with one attached hydrogen (secondary N) is 1. The van der Waals surface area contributed by atoms with Crippen molar-refractivity contribution in [1.29, 1.82) is 0 Å². The number of furan rings is 1. The van der Waals surface area contributed by atoms with Crippen molar-refractivity contribution in [3.8, 4) is 0 Å². The fourth-order valence-electron chi connectivity index (χ4n) is 3.56. The fourth-order valence-corrected chi connectivity index (χ4v) is 3.56. The number of nitrogens with zero attached hydrogens (tertiary/aromatic N) is 5. The van der Waals surface area contributed by atoms with Gasteiger partial charge in [-0.1, -0.05) is 12.1 Å². The Labute approximate surface area is 190 Å². The van der Waals surface area contributed by atoms with Gasteiger partial charge in [0, 0.05) is 5.56 Å². The predicted octanol–water partition coefficient (Wildman–Crippen LogP) is 4.59. The number of amides is 1. The lowest BCUT2D eigenvalue weighted by molar-refractivity contribution is -0.137. The van der Waals surface area contributed by atoms with Crippen LogP contribution in [-0.2, 0) is 19.3 Å². The van der Waals surface area contributed by atoms with E-state index in [1.165, 1.54) is 18.7 Å². The summed E-state index contributed by atoms with van der Waals surface area (Å²) in [7, 11) is 0. The Bertz CT molecular complexity index is 1420. The maximum atomic E-state index is 13.2. The summed E-state index contributed by atoms with van der Waals surface area (Å²) in [5, 5.41) is 6.76. The van der Waals surface area contributed by atoms with Gasteiger partial charge in [-0.15, -0.1) is 0 Å². The maximum Gasteiger partial charge on any atom is 0.416 e. The minimum atomic E-state index is -4.50. The zero-order valence-electron chi connectivity index (χ0n) is 17.5. The zero-order valence-corrected chi connectivity index (χ0v) is 17.5. The molecule has 3 aromatic heterocycles. The van der Waals surface area contributed by atoms with Crippen LogP contribution in [0.25, 0.3) is 11.0 Å². The molecule has 1 N–H and O–H groups in total. The van der Waals surface area contributed by atoms with Crippen molar-refractivity contribution >= 4 is 22.9 Å². The van der Waals surface area contributed by atoms with Crippen LogP contribution in [-0.4, -0.2) is 30.2 Å². The molecule has 0 aliphatic carbocycles. The third-order valence-electron chi connectivity index (χ3n) is 5.22. The van der Waals surface area contributed by atoms with E-state index in [-0.39, 0.29) is 18.0 Å². The topological polar surface area (TPSA) is 90.8 Å². The lowest BCUT2D eigenvalue weighted by atomic mass is 10.1. The van der Waals surface area contributed by atoms with Crippen molar-refractivity contribution < 1.29 is 22.4 Å². The molecular formula is C23H17F3N6O2. The third-order valence-corrected chi connectivity index (χ3v) is 5.22. The number of hydrogen-bond donors (Lipinski definition) is 1. The summed E-state index contributed by atoms with van der Waals surface area (Å²) in [5.74, 6) is 0.230. The summed E-state index contributed by atoms with van der Waals surface area (Å²) < 4.78 is 48.2.